The van der Waals surface area contributed by atoms with E-state index in [4.69, 9.17) is 5.11 Å². The molecule has 1 heterocycles. The Bertz CT molecular complexity index is 650. The van der Waals surface area contributed by atoms with Gasteiger partial charge in [0.2, 0.25) is 5.91 Å². The number of amides is 1. The fraction of sp³-hybridized carbons (Fsp3) is 0.556. The molecule has 1 spiro atoms. The normalized spacial score (nSPS) is 27.8. The number of hydrogen-bond acceptors (Lipinski definition) is 2. The monoisotopic (exact) mass is 299 g/mol. The first kappa shape index (κ1) is 13.8. The Hall–Kier alpha value is -1.84. The molecule has 1 N–H and O–H groups in total. The summed E-state index contributed by atoms with van der Waals surface area (Å²) in [6.07, 6.45) is 7.02. The van der Waals surface area contributed by atoms with E-state index in [9.17, 15) is 9.59 Å². The van der Waals surface area contributed by atoms with Gasteiger partial charge in [-0.15, -0.1) is 0 Å². The van der Waals surface area contributed by atoms with E-state index in [2.05, 4.69) is 4.90 Å². The fourth-order valence-corrected chi connectivity index (χ4v) is 4.28. The molecular formula is C18H21NO3. The van der Waals surface area contributed by atoms with Gasteiger partial charge in [0.15, 0.2) is 0 Å². The summed E-state index contributed by atoms with van der Waals surface area (Å²) in [5, 5.41) is 9.10. The highest BCUT2D eigenvalue weighted by Crippen LogP contribution is 2.46. The molecule has 0 aromatic heterocycles. The summed E-state index contributed by atoms with van der Waals surface area (Å²) in [5.74, 6) is -0.527. The van der Waals surface area contributed by atoms with Crippen LogP contribution in [0.2, 0.25) is 0 Å². The number of carboxylic acids is 1. The lowest BCUT2D eigenvalue weighted by Crippen LogP contribution is -2.45. The first-order valence-electron chi connectivity index (χ1n) is 8.25. The maximum absolute atomic E-state index is 12.9. The van der Waals surface area contributed by atoms with Gasteiger partial charge >= 0.3 is 5.97 Å². The maximum atomic E-state index is 12.9. The first-order valence-corrected chi connectivity index (χ1v) is 8.25. The molecule has 0 unspecified atom stereocenters. The number of benzene rings is 1. The Balaban J connectivity index is 1.59. The van der Waals surface area contributed by atoms with E-state index in [1.807, 2.05) is 6.07 Å². The van der Waals surface area contributed by atoms with E-state index < -0.39 is 5.97 Å². The minimum atomic E-state index is -0.879. The van der Waals surface area contributed by atoms with Crippen LogP contribution in [0.1, 0.15) is 53.6 Å². The molecule has 22 heavy (non-hydrogen) atoms. The summed E-state index contributed by atoms with van der Waals surface area (Å²) in [7, 11) is 0. The number of carboxylic acid groups (broad SMARTS) is 1. The zero-order chi connectivity index (χ0) is 15.3. The van der Waals surface area contributed by atoms with Gasteiger partial charge in [-0.3, -0.25) is 4.79 Å². The quantitative estimate of drug-likeness (QED) is 0.913. The van der Waals surface area contributed by atoms with E-state index >= 15 is 0 Å². The second-order valence-electron chi connectivity index (χ2n) is 7.08. The lowest BCUT2D eigenvalue weighted by molar-refractivity contribution is -0.139. The fourth-order valence-electron chi connectivity index (χ4n) is 4.28. The summed E-state index contributed by atoms with van der Waals surface area (Å²) in [6.45, 7) is 0.909. The highest BCUT2D eigenvalue weighted by molar-refractivity contribution is 5.88. The van der Waals surface area contributed by atoms with Gasteiger partial charge in [0.25, 0.3) is 0 Å². The number of nitrogens with zero attached hydrogens (tertiary/aromatic N) is 1. The summed E-state index contributed by atoms with van der Waals surface area (Å²) in [5.41, 5.74) is 2.41. The van der Waals surface area contributed by atoms with Crippen molar-refractivity contribution in [1.29, 1.82) is 0 Å². The van der Waals surface area contributed by atoms with Crippen LogP contribution in [0, 0.1) is 5.41 Å². The van der Waals surface area contributed by atoms with Crippen molar-refractivity contribution in [3.63, 3.8) is 0 Å². The van der Waals surface area contributed by atoms with Crippen molar-refractivity contribution in [2.45, 2.75) is 51.0 Å². The number of aryl methyl sites for hydroxylation is 1. The summed E-state index contributed by atoms with van der Waals surface area (Å²) in [4.78, 5) is 26.1. The van der Waals surface area contributed by atoms with Gasteiger partial charge in [-0.1, -0.05) is 6.07 Å². The molecule has 3 aliphatic rings. The number of rotatable bonds is 2. The van der Waals surface area contributed by atoms with Crippen LogP contribution in [0.15, 0.2) is 18.2 Å². The van der Waals surface area contributed by atoms with Crippen LogP contribution in [0.3, 0.4) is 0 Å². The minimum Gasteiger partial charge on any atom is -0.478 e. The number of aromatic carboxylic acids is 1. The third kappa shape index (κ3) is 1.97. The van der Waals surface area contributed by atoms with E-state index in [-0.39, 0.29) is 5.41 Å². The second kappa shape index (κ2) is 4.83. The average molecular weight is 299 g/mol. The molecule has 2 fully saturated rings. The molecule has 1 aromatic rings. The number of hydrogen-bond donors (Lipinski definition) is 1. The molecule has 2 aliphatic carbocycles. The topological polar surface area (TPSA) is 57.6 Å². The molecule has 1 saturated carbocycles. The number of likely N-dealkylation sites (tertiary alicyclic amines) is 1. The van der Waals surface area contributed by atoms with Crippen LogP contribution in [-0.4, -0.2) is 34.5 Å². The van der Waals surface area contributed by atoms with Gasteiger partial charge in [-0.05, 0) is 68.2 Å². The molecular weight excluding hydrogens is 278 g/mol. The molecule has 1 aromatic carbocycles. The smallest absolute Gasteiger partial charge is 0.335 e. The minimum absolute atomic E-state index is 0.215. The van der Waals surface area contributed by atoms with Crippen LogP contribution < -0.4 is 0 Å². The molecule has 4 rings (SSSR count). The van der Waals surface area contributed by atoms with Crippen LogP contribution in [0.5, 0.6) is 0 Å². The number of fused-ring (bicyclic) bond motifs is 1. The van der Waals surface area contributed by atoms with E-state index in [0.29, 0.717) is 17.5 Å². The highest BCUT2D eigenvalue weighted by Gasteiger charge is 2.50. The molecule has 4 heteroatoms. The van der Waals surface area contributed by atoms with Crippen LogP contribution in [-0.2, 0) is 17.6 Å². The molecule has 1 aliphatic heterocycles. The van der Waals surface area contributed by atoms with Gasteiger partial charge in [-0.25, -0.2) is 4.79 Å². The SMILES string of the molecule is O=C(O)c1ccc2c(c1)CC[C@@]1(CCN(C3CCC3)C1=O)C2. The second-order valence-corrected chi connectivity index (χ2v) is 7.08. The third-order valence-corrected chi connectivity index (χ3v) is 5.92. The van der Waals surface area contributed by atoms with Crippen molar-refractivity contribution >= 4 is 11.9 Å². The molecule has 4 nitrogen and oxygen atoms in total. The molecule has 1 saturated heterocycles. The largest absolute Gasteiger partial charge is 0.478 e. The molecule has 0 radical (unpaired) electrons. The van der Waals surface area contributed by atoms with Gasteiger partial charge < -0.3 is 10.0 Å². The standard InChI is InChI=1S/C18H21NO3/c20-16(21)13-4-5-14-11-18(7-6-12(14)10-13)8-9-19(17(18)22)15-2-1-3-15/h4-5,10,15H,1-3,6-9,11H2,(H,20,21)/t18-/m1/s1. The van der Waals surface area contributed by atoms with Crippen molar-refractivity contribution in [2.24, 2.45) is 5.41 Å². The van der Waals surface area contributed by atoms with Crippen molar-refractivity contribution < 1.29 is 14.7 Å². The number of carbonyl (C=O) groups excluding carboxylic acids is 1. The summed E-state index contributed by atoms with van der Waals surface area (Å²) < 4.78 is 0. The van der Waals surface area contributed by atoms with Crippen LogP contribution in [0.4, 0.5) is 0 Å². The Kier molecular flexibility index (Phi) is 3.03. The van der Waals surface area contributed by atoms with Crippen LogP contribution in [0.25, 0.3) is 0 Å². The van der Waals surface area contributed by atoms with E-state index in [0.717, 1.165) is 37.8 Å². The predicted octanol–water partition coefficient (Wildman–Crippen LogP) is 2.64. The third-order valence-electron chi connectivity index (χ3n) is 5.92. The molecule has 116 valence electrons. The van der Waals surface area contributed by atoms with Gasteiger partial charge in [0.1, 0.15) is 0 Å². The Morgan fingerprint density at radius 3 is 2.73 bits per heavy atom. The van der Waals surface area contributed by atoms with Crippen LogP contribution >= 0.6 is 0 Å². The van der Waals surface area contributed by atoms with Crippen molar-refractivity contribution in [3.8, 4) is 0 Å². The zero-order valence-corrected chi connectivity index (χ0v) is 12.7. The highest BCUT2D eigenvalue weighted by atomic mass is 16.4. The maximum Gasteiger partial charge on any atom is 0.335 e. The lowest BCUT2D eigenvalue weighted by atomic mass is 9.70. The first-order chi connectivity index (χ1) is 10.6. The number of carbonyl (C=O) groups is 2. The Morgan fingerprint density at radius 2 is 2.05 bits per heavy atom. The Labute approximate surface area is 130 Å². The Morgan fingerprint density at radius 1 is 1.23 bits per heavy atom. The van der Waals surface area contributed by atoms with Gasteiger partial charge in [-0.2, -0.15) is 0 Å². The van der Waals surface area contributed by atoms with Gasteiger partial charge in [0, 0.05) is 12.6 Å². The summed E-state index contributed by atoms with van der Waals surface area (Å²) in [6, 6.07) is 5.86. The molecule has 0 bridgehead atoms. The lowest BCUT2D eigenvalue weighted by Gasteiger charge is -2.38. The van der Waals surface area contributed by atoms with E-state index in [1.165, 1.54) is 24.8 Å². The predicted molar refractivity (Wildman–Crippen MR) is 81.8 cm³/mol. The average Bonchev–Trinajstić information content (AvgIpc) is 2.75. The zero-order valence-electron chi connectivity index (χ0n) is 12.7. The van der Waals surface area contributed by atoms with Gasteiger partial charge in [0.05, 0.1) is 11.0 Å². The van der Waals surface area contributed by atoms with Crippen molar-refractivity contribution in [2.75, 3.05) is 6.54 Å². The van der Waals surface area contributed by atoms with Crippen molar-refractivity contribution in [1.82, 2.24) is 4.90 Å². The molecule has 1 amide bonds. The summed E-state index contributed by atoms with van der Waals surface area (Å²) >= 11 is 0. The molecule has 1 atom stereocenters. The van der Waals surface area contributed by atoms with Crippen molar-refractivity contribution in [3.05, 3.63) is 34.9 Å². The van der Waals surface area contributed by atoms with E-state index in [1.54, 1.807) is 12.1 Å².